The van der Waals surface area contributed by atoms with Crippen molar-refractivity contribution in [2.75, 3.05) is 46.0 Å². The van der Waals surface area contributed by atoms with Crippen LogP contribution in [-0.2, 0) is 9.47 Å². The van der Waals surface area contributed by atoms with Crippen LogP contribution in [0.25, 0.3) is 0 Å². The molecule has 0 aliphatic carbocycles. The molecule has 2 atom stereocenters. The van der Waals surface area contributed by atoms with Gasteiger partial charge in [0.25, 0.3) is 5.91 Å². The fourth-order valence-corrected chi connectivity index (χ4v) is 3.63. The Bertz CT molecular complexity index is 703. The molecule has 4 rings (SSSR count). The van der Waals surface area contributed by atoms with Crippen LogP contribution in [0.15, 0.2) is 36.9 Å². The van der Waals surface area contributed by atoms with Gasteiger partial charge in [-0.25, -0.2) is 0 Å². The first kappa shape index (κ1) is 17.1. The lowest BCUT2D eigenvalue weighted by molar-refractivity contribution is -0.0819. The highest BCUT2D eigenvalue weighted by Crippen LogP contribution is 2.31. The number of nitrogens with one attached hydrogen (secondary N) is 1. The highest BCUT2D eigenvalue weighted by Gasteiger charge is 2.38. The first-order valence-corrected chi connectivity index (χ1v) is 8.94. The van der Waals surface area contributed by atoms with Crippen molar-refractivity contribution >= 4 is 5.91 Å². The molecule has 1 amide bonds. The molecule has 0 radical (unpaired) electrons. The van der Waals surface area contributed by atoms with E-state index in [1.165, 1.54) is 0 Å². The minimum Gasteiger partial charge on any atom is -0.379 e. The van der Waals surface area contributed by atoms with E-state index in [0.717, 1.165) is 38.4 Å². The van der Waals surface area contributed by atoms with E-state index in [1.54, 1.807) is 18.6 Å². The summed E-state index contributed by atoms with van der Waals surface area (Å²) in [5.74, 6) is -0.0390. The number of carbonyl (C=O) groups excluding carboxylic acids is 1. The van der Waals surface area contributed by atoms with E-state index >= 15 is 0 Å². The Labute approximate surface area is 152 Å². The number of carbonyl (C=O) groups is 1. The van der Waals surface area contributed by atoms with Crippen molar-refractivity contribution in [2.45, 2.75) is 12.1 Å². The number of rotatable bonds is 4. The lowest BCUT2D eigenvalue weighted by Gasteiger charge is -2.43. The Balaban J connectivity index is 1.60. The number of hydrogen-bond acceptors (Lipinski definition) is 6. The molecule has 2 aliphatic heterocycles. The molecule has 8 heteroatoms. The Hall–Kier alpha value is -2.29. The fraction of sp³-hybridized carbons (Fsp3) is 0.500. The molecular formula is C18H23N5O3. The minimum absolute atomic E-state index is 0.0390. The summed E-state index contributed by atoms with van der Waals surface area (Å²) in [5.41, 5.74) is 1.55. The topological polar surface area (TPSA) is 83.6 Å². The Morgan fingerprint density at radius 1 is 1.23 bits per heavy atom. The van der Waals surface area contributed by atoms with Crippen molar-refractivity contribution in [1.29, 1.82) is 0 Å². The van der Waals surface area contributed by atoms with Crippen molar-refractivity contribution in [2.24, 2.45) is 0 Å². The molecule has 4 heterocycles. The van der Waals surface area contributed by atoms with Crippen molar-refractivity contribution in [3.05, 3.63) is 48.0 Å². The third-order valence-electron chi connectivity index (χ3n) is 4.93. The third-order valence-corrected chi connectivity index (χ3v) is 4.93. The summed E-state index contributed by atoms with van der Waals surface area (Å²) in [6.45, 7) is 5.07. The lowest BCUT2D eigenvalue weighted by Crippen LogP contribution is -2.53. The Morgan fingerprint density at radius 2 is 2.12 bits per heavy atom. The second-order valence-electron chi connectivity index (χ2n) is 6.54. The number of hydrogen-bond donors (Lipinski definition) is 1. The minimum atomic E-state index is -0.178. The van der Waals surface area contributed by atoms with Gasteiger partial charge in [-0.2, -0.15) is 5.10 Å². The molecule has 0 bridgehead atoms. The summed E-state index contributed by atoms with van der Waals surface area (Å²) in [7, 11) is 0. The largest absolute Gasteiger partial charge is 0.379 e. The summed E-state index contributed by atoms with van der Waals surface area (Å²) in [6.07, 6.45) is 6.65. The number of ether oxygens (including phenoxy) is 2. The van der Waals surface area contributed by atoms with Gasteiger partial charge < -0.3 is 14.4 Å². The molecule has 2 fully saturated rings. The molecule has 0 saturated carbocycles. The monoisotopic (exact) mass is 357 g/mol. The molecular weight excluding hydrogens is 334 g/mol. The van der Waals surface area contributed by atoms with Gasteiger partial charge in [-0.05, 0) is 11.6 Å². The number of pyridine rings is 1. The molecule has 2 aliphatic rings. The maximum Gasteiger partial charge on any atom is 0.257 e. The number of aromatic nitrogens is 3. The number of H-pyrrole nitrogens is 1. The normalized spacial score (nSPS) is 24.5. The van der Waals surface area contributed by atoms with Gasteiger partial charge in [0.1, 0.15) is 0 Å². The first-order chi connectivity index (χ1) is 12.8. The van der Waals surface area contributed by atoms with Crippen LogP contribution >= 0.6 is 0 Å². The second kappa shape index (κ2) is 7.94. The van der Waals surface area contributed by atoms with E-state index in [4.69, 9.17) is 9.47 Å². The van der Waals surface area contributed by atoms with E-state index in [-0.39, 0.29) is 18.1 Å². The predicted octanol–water partition coefficient (Wildman–Crippen LogP) is 0.719. The van der Waals surface area contributed by atoms with E-state index < -0.39 is 0 Å². The summed E-state index contributed by atoms with van der Waals surface area (Å²) in [4.78, 5) is 21.5. The highest BCUT2D eigenvalue weighted by molar-refractivity contribution is 5.94. The van der Waals surface area contributed by atoms with Gasteiger partial charge in [-0.3, -0.25) is 19.8 Å². The van der Waals surface area contributed by atoms with Crippen LogP contribution in [0.3, 0.4) is 0 Å². The van der Waals surface area contributed by atoms with Crippen molar-refractivity contribution < 1.29 is 14.3 Å². The van der Waals surface area contributed by atoms with Gasteiger partial charge in [-0.15, -0.1) is 0 Å². The maximum atomic E-state index is 13.0. The average Bonchev–Trinajstić information content (AvgIpc) is 3.23. The Kier molecular flexibility index (Phi) is 5.24. The van der Waals surface area contributed by atoms with Crippen molar-refractivity contribution in [1.82, 2.24) is 25.0 Å². The van der Waals surface area contributed by atoms with Crippen molar-refractivity contribution in [3.63, 3.8) is 0 Å². The van der Waals surface area contributed by atoms with Gasteiger partial charge in [0.05, 0.1) is 43.7 Å². The van der Waals surface area contributed by atoms with E-state index in [2.05, 4.69) is 20.1 Å². The second-order valence-corrected chi connectivity index (χ2v) is 6.54. The van der Waals surface area contributed by atoms with E-state index in [9.17, 15) is 4.79 Å². The zero-order valence-electron chi connectivity index (χ0n) is 14.6. The molecule has 0 unspecified atom stereocenters. The predicted molar refractivity (Wildman–Crippen MR) is 93.6 cm³/mol. The molecule has 1 N–H and O–H groups in total. The van der Waals surface area contributed by atoms with Crippen LogP contribution in [0.4, 0.5) is 0 Å². The summed E-state index contributed by atoms with van der Waals surface area (Å²) in [6, 6.07) is 3.73. The zero-order chi connectivity index (χ0) is 17.8. The first-order valence-electron chi connectivity index (χ1n) is 8.94. The third kappa shape index (κ3) is 3.62. The van der Waals surface area contributed by atoms with E-state index in [0.29, 0.717) is 18.7 Å². The smallest absolute Gasteiger partial charge is 0.257 e. The molecule has 0 spiro atoms. The number of amides is 1. The lowest BCUT2D eigenvalue weighted by atomic mass is 9.98. The standard InChI is InChI=1S/C18H23N5O3/c24-18(15-11-20-21-12-15)23-6-9-26-16(13-22-4-7-25-8-5-22)17(23)14-2-1-3-19-10-14/h1-3,10-12,16-17H,4-9,13H2,(H,20,21)/t16-,17-/m0/s1. The van der Waals surface area contributed by atoms with Crippen molar-refractivity contribution in [3.8, 4) is 0 Å². The number of aromatic amines is 1. The molecule has 2 aromatic heterocycles. The van der Waals surface area contributed by atoms with Gasteiger partial charge in [-0.1, -0.05) is 6.07 Å². The summed E-state index contributed by atoms with van der Waals surface area (Å²) >= 11 is 0. The van der Waals surface area contributed by atoms with Gasteiger partial charge in [0.15, 0.2) is 0 Å². The maximum absolute atomic E-state index is 13.0. The van der Waals surface area contributed by atoms with Crippen LogP contribution in [0.5, 0.6) is 0 Å². The van der Waals surface area contributed by atoms with Crippen LogP contribution in [0.1, 0.15) is 22.0 Å². The Morgan fingerprint density at radius 3 is 2.85 bits per heavy atom. The van der Waals surface area contributed by atoms with Gasteiger partial charge in [0.2, 0.25) is 0 Å². The van der Waals surface area contributed by atoms with Gasteiger partial charge >= 0.3 is 0 Å². The molecule has 2 saturated heterocycles. The van der Waals surface area contributed by atoms with Crippen LogP contribution in [0, 0.1) is 0 Å². The molecule has 138 valence electrons. The van der Waals surface area contributed by atoms with Crippen LogP contribution < -0.4 is 0 Å². The van der Waals surface area contributed by atoms with E-state index in [1.807, 2.05) is 23.2 Å². The van der Waals surface area contributed by atoms with Crippen LogP contribution in [-0.4, -0.2) is 83.0 Å². The molecule has 2 aromatic rings. The average molecular weight is 357 g/mol. The fourth-order valence-electron chi connectivity index (χ4n) is 3.63. The molecule has 0 aromatic carbocycles. The SMILES string of the molecule is O=C(c1cn[nH]c1)N1CCO[C@@H](CN2CCOCC2)[C@@H]1c1cccnc1. The highest BCUT2D eigenvalue weighted by atomic mass is 16.5. The zero-order valence-corrected chi connectivity index (χ0v) is 14.6. The summed E-state index contributed by atoms with van der Waals surface area (Å²) in [5, 5.41) is 6.63. The molecule has 26 heavy (non-hydrogen) atoms. The molecule has 8 nitrogen and oxygen atoms in total. The van der Waals surface area contributed by atoms with Crippen LogP contribution in [0.2, 0.25) is 0 Å². The summed E-state index contributed by atoms with van der Waals surface area (Å²) < 4.78 is 11.6. The number of nitrogens with zero attached hydrogens (tertiary/aromatic N) is 4. The van der Waals surface area contributed by atoms with Gasteiger partial charge in [0, 0.05) is 44.8 Å². The number of morpholine rings is 2. The quantitative estimate of drug-likeness (QED) is 0.868.